The summed E-state index contributed by atoms with van der Waals surface area (Å²) in [6, 6.07) is 1.46. The van der Waals surface area contributed by atoms with E-state index < -0.39 is 5.91 Å². The van der Waals surface area contributed by atoms with Gasteiger partial charge in [-0.15, -0.1) is 0 Å². The van der Waals surface area contributed by atoms with E-state index in [-0.39, 0.29) is 11.2 Å². The van der Waals surface area contributed by atoms with Crippen LogP contribution in [0.3, 0.4) is 0 Å². The Balaban J connectivity index is 2.98. The first-order chi connectivity index (χ1) is 6.09. The summed E-state index contributed by atoms with van der Waals surface area (Å²) in [4.78, 5) is 23.6. The minimum atomic E-state index is -0.551. The third-order valence-corrected chi connectivity index (χ3v) is 1.39. The lowest BCUT2D eigenvalue weighted by Gasteiger charge is -1.93. The van der Waals surface area contributed by atoms with E-state index in [4.69, 9.17) is 11.5 Å². The standard InChI is InChI=1S/C8H9N3O2/c9-6-3-5(1-2-7(10)12)4-11-8(6)13/h1-4H,9H2,(H2,10,12)(H,11,13). The lowest BCUT2D eigenvalue weighted by atomic mass is 10.2. The van der Waals surface area contributed by atoms with Crippen molar-refractivity contribution < 1.29 is 4.79 Å². The minimum absolute atomic E-state index is 0.103. The van der Waals surface area contributed by atoms with Gasteiger partial charge >= 0.3 is 0 Å². The van der Waals surface area contributed by atoms with Crippen molar-refractivity contribution in [1.29, 1.82) is 0 Å². The van der Waals surface area contributed by atoms with E-state index in [2.05, 4.69) is 4.98 Å². The Morgan fingerprint density at radius 1 is 1.54 bits per heavy atom. The highest BCUT2D eigenvalue weighted by atomic mass is 16.1. The van der Waals surface area contributed by atoms with Crippen molar-refractivity contribution in [2.24, 2.45) is 5.73 Å². The summed E-state index contributed by atoms with van der Waals surface area (Å²) in [5.74, 6) is -0.551. The van der Waals surface area contributed by atoms with Gasteiger partial charge in [-0.2, -0.15) is 0 Å². The number of pyridine rings is 1. The average molecular weight is 179 g/mol. The molecule has 0 aliphatic heterocycles. The number of nitrogens with one attached hydrogen (secondary N) is 1. The quantitative estimate of drug-likeness (QED) is 0.531. The number of primary amides is 1. The summed E-state index contributed by atoms with van der Waals surface area (Å²) in [5, 5.41) is 0. The maximum absolute atomic E-state index is 10.8. The number of H-pyrrole nitrogens is 1. The number of nitrogen functional groups attached to an aromatic ring is 1. The fourth-order valence-electron chi connectivity index (χ4n) is 0.794. The molecule has 0 bridgehead atoms. The van der Waals surface area contributed by atoms with Gasteiger partial charge in [0.15, 0.2) is 0 Å². The van der Waals surface area contributed by atoms with Gasteiger partial charge in [0.1, 0.15) is 0 Å². The fourth-order valence-corrected chi connectivity index (χ4v) is 0.794. The van der Waals surface area contributed by atoms with Crippen LogP contribution < -0.4 is 17.0 Å². The van der Waals surface area contributed by atoms with E-state index in [1.165, 1.54) is 24.4 Å². The Kier molecular flexibility index (Phi) is 2.49. The molecule has 1 heterocycles. The van der Waals surface area contributed by atoms with Gasteiger partial charge in [-0.25, -0.2) is 0 Å². The van der Waals surface area contributed by atoms with E-state index in [0.717, 1.165) is 0 Å². The molecule has 1 rings (SSSR count). The molecule has 0 atom stereocenters. The molecule has 0 aliphatic carbocycles. The van der Waals surface area contributed by atoms with Crippen LogP contribution in [0.5, 0.6) is 0 Å². The zero-order chi connectivity index (χ0) is 9.84. The lowest BCUT2D eigenvalue weighted by Crippen LogP contribution is -2.10. The Morgan fingerprint density at radius 3 is 2.77 bits per heavy atom. The van der Waals surface area contributed by atoms with Gasteiger partial charge in [0.2, 0.25) is 5.91 Å². The molecule has 0 saturated heterocycles. The molecule has 5 heteroatoms. The molecular formula is C8H9N3O2. The van der Waals surface area contributed by atoms with Crippen LogP contribution in [0.2, 0.25) is 0 Å². The first-order valence-corrected chi connectivity index (χ1v) is 3.55. The van der Waals surface area contributed by atoms with Crippen molar-refractivity contribution in [2.45, 2.75) is 0 Å². The first-order valence-electron chi connectivity index (χ1n) is 3.55. The largest absolute Gasteiger partial charge is 0.394 e. The smallest absolute Gasteiger partial charge is 0.271 e. The third kappa shape index (κ3) is 2.48. The molecule has 0 aliphatic rings. The van der Waals surface area contributed by atoms with Gasteiger partial charge in [-0.05, 0) is 17.7 Å². The second-order valence-electron chi connectivity index (χ2n) is 2.45. The SMILES string of the molecule is NC(=O)C=Cc1c[nH]c(=O)c(N)c1. The van der Waals surface area contributed by atoms with Crippen molar-refractivity contribution in [1.82, 2.24) is 4.98 Å². The van der Waals surface area contributed by atoms with E-state index in [9.17, 15) is 9.59 Å². The number of hydrogen-bond acceptors (Lipinski definition) is 3. The second-order valence-corrected chi connectivity index (χ2v) is 2.45. The topological polar surface area (TPSA) is 102 Å². The second kappa shape index (κ2) is 3.57. The Morgan fingerprint density at radius 2 is 2.23 bits per heavy atom. The summed E-state index contributed by atoms with van der Waals surface area (Å²) >= 11 is 0. The van der Waals surface area contributed by atoms with Crippen LogP contribution in [0, 0.1) is 0 Å². The zero-order valence-electron chi connectivity index (χ0n) is 6.78. The Labute approximate surface area is 74.1 Å². The molecule has 1 aromatic heterocycles. The molecule has 5 N–H and O–H groups in total. The molecule has 0 spiro atoms. The van der Waals surface area contributed by atoms with Crippen molar-refractivity contribution in [3.8, 4) is 0 Å². The number of carbonyl (C=O) groups is 1. The predicted molar refractivity (Wildman–Crippen MR) is 49.7 cm³/mol. The van der Waals surface area contributed by atoms with Crippen LogP contribution in [-0.4, -0.2) is 10.9 Å². The van der Waals surface area contributed by atoms with Crippen molar-refractivity contribution in [3.63, 3.8) is 0 Å². The van der Waals surface area contributed by atoms with E-state index in [1.54, 1.807) is 0 Å². The van der Waals surface area contributed by atoms with Gasteiger partial charge in [-0.1, -0.05) is 0 Å². The number of amides is 1. The van der Waals surface area contributed by atoms with E-state index in [1.807, 2.05) is 0 Å². The molecule has 0 aromatic carbocycles. The van der Waals surface area contributed by atoms with Crippen LogP contribution in [0.25, 0.3) is 6.08 Å². The number of rotatable bonds is 2. The van der Waals surface area contributed by atoms with Crippen molar-refractivity contribution in [3.05, 3.63) is 34.3 Å². The number of aromatic amines is 1. The van der Waals surface area contributed by atoms with Gasteiger partial charge in [-0.3, -0.25) is 9.59 Å². The number of carbonyl (C=O) groups excluding carboxylic acids is 1. The number of aromatic nitrogens is 1. The van der Waals surface area contributed by atoms with Gasteiger partial charge < -0.3 is 16.5 Å². The van der Waals surface area contributed by atoms with Crippen LogP contribution in [0.15, 0.2) is 23.1 Å². The summed E-state index contributed by atoms with van der Waals surface area (Å²) in [5.41, 5.74) is 10.6. The molecule has 5 nitrogen and oxygen atoms in total. The zero-order valence-corrected chi connectivity index (χ0v) is 6.78. The molecule has 1 aromatic rings. The molecule has 13 heavy (non-hydrogen) atoms. The normalized spacial score (nSPS) is 10.5. The molecule has 0 fully saturated rings. The minimum Gasteiger partial charge on any atom is -0.394 e. The van der Waals surface area contributed by atoms with Crippen LogP contribution >= 0.6 is 0 Å². The van der Waals surface area contributed by atoms with E-state index >= 15 is 0 Å². The highest BCUT2D eigenvalue weighted by Gasteiger charge is 1.93. The molecule has 1 amide bonds. The summed E-state index contributed by atoms with van der Waals surface area (Å²) in [6.07, 6.45) is 4.10. The molecule has 68 valence electrons. The predicted octanol–water partition coefficient (Wildman–Crippen LogP) is -0.544. The number of hydrogen-bond donors (Lipinski definition) is 3. The van der Waals surface area contributed by atoms with Crippen molar-refractivity contribution in [2.75, 3.05) is 5.73 Å². The summed E-state index contributed by atoms with van der Waals surface area (Å²) in [7, 11) is 0. The Hall–Kier alpha value is -2.04. The Bertz CT molecular complexity index is 406. The van der Waals surface area contributed by atoms with Crippen molar-refractivity contribution >= 4 is 17.7 Å². The molecule has 0 radical (unpaired) electrons. The van der Waals surface area contributed by atoms with Crippen LogP contribution in [-0.2, 0) is 4.79 Å². The lowest BCUT2D eigenvalue weighted by molar-refractivity contribution is -0.113. The van der Waals surface area contributed by atoms with E-state index in [0.29, 0.717) is 5.56 Å². The first kappa shape index (κ1) is 9.05. The summed E-state index contributed by atoms with van der Waals surface area (Å²) in [6.45, 7) is 0. The number of nitrogens with two attached hydrogens (primary N) is 2. The third-order valence-electron chi connectivity index (χ3n) is 1.39. The van der Waals surface area contributed by atoms with Gasteiger partial charge in [0.25, 0.3) is 5.56 Å². The average Bonchev–Trinajstić information content (AvgIpc) is 2.07. The summed E-state index contributed by atoms with van der Waals surface area (Å²) < 4.78 is 0. The maximum atomic E-state index is 10.8. The van der Waals surface area contributed by atoms with Gasteiger partial charge in [0.05, 0.1) is 5.69 Å². The van der Waals surface area contributed by atoms with Gasteiger partial charge in [0, 0.05) is 12.3 Å². The highest BCUT2D eigenvalue weighted by Crippen LogP contribution is 2.01. The van der Waals surface area contributed by atoms with Crippen LogP contribution in [0.1, 0.15) is 5.56 Å². The highest BCUT2D eigenvalue weighted by molar-refractivity contribution is 5.90. The maximum Gasteiger partial charge on any atom is 0.271 e. The number of anilines is 1. The molecule has 0 saturated carbocycles. The molecule has 0 unspecified atom stereocenters. The van der Waals surface area contributed by atoms with Crippen LogP contribution in [0.4, 0.5) is 5.69 Å². The molecular weight excluding hydrogens is 170 g/mol. The fraction of sp³-hybridized carbons (Fsp3) is 0. The monoisotopic (exact) mass is 179 g/mol.